The highest BCUT2D eigenvalue weighted by molar-refractivity contribution is 7.92. The normalized spacial score (nSPS) is 14.6. The fourth-order valence-electron chi connectivity index (χ4n) is 3.11. The highest BCUT2D eigenvalue weighted by atomic mass is 32.2. The summed E-state index contributed by atoms with van der Waals surface area (Å²) in [6.07, 6.45) is 0.904. The number of carbonyl (C=O) groups is 1. The maximum atomic E-state index is 13.0. The summed E-state index contributed by atoms with van der Waals surface area (Å²) in [7, 11) is -2.20. The van der Waals surface area contributed by atoms with Gasteiger partial charge in [0.2, 0.25) is 5.91 Å². The molecule has 2 N–H and O–H groups in total. The Hall–Kier alpha value is -1.60. The van der Waals surface area contributed by atoms with Crippen LogP contribution in [-0.2, 0) is 14.6 Å². The minimum absolute atomic E-state index is 0.0626. The number of nitrogens with one attached hydrogen (secondary N) is 1. The zero-order valence-corrected chi connectivity index (χ0v) is 16.4. The molecular formula is C18H29NO5S. The average Bonchev–Trinajstić information content (AvgIpc) is 2.52. The lowest BCUT2D eigenvalue weighted by molar-refractivity contribution is -0.129. The second kappa shape index (κ2) is 8.67. The summed E-state index contributed by atoms with van der Waals surface area (Å²) >= 11 is 0. The lowest BCUT2D eigenvalue weighted by Gasteiger charge is -2.26. The molecule has 6 nitrogen and oxygen atoms in total. The molecule has 0 spiro atoms. The molecule has 0 aliphatic rings. The van der Waals surface area contributed by atoms with Crippen molar-refractivity contribution in [2.45, 2.75) is 57.1 Å². The number of amides is 1. The molecule has 1 aromatic rings. The molecule has 0 fully saturated rings. The number of benzene rings is 1. The van der Waals surface area contributed by atoms with E-state index in [-0.39, 0.29) is 22.6 Å². The van der Waals surface area contributed by atoms with Gasteiger partial charge in [-0.3, -0.25) is 10.0 Å². The van der Waals surface area contributed by atoms with Crippen molar-refractivity contribution in [2.75, 3.05) is 7.11 Å². The van der Waals surface area contributed by atoms with Crippen molar-refractivity contribution in [1.29, 1.82) is 0 Å². The fourth-order valence-corrected chi connectivity index (χ4v) is 4.96. The molecule has 25 heavy (non-hydrogen) atoms. The molecule has 2 atom stereocenters. The Morgan fingerprint density at radius 3 is 2.24 bits per heavy atom. The van der Waals surface area contributed by atoms with Crippen LogP contribution < -0.4 is 10.2 Å². The molecule has 0 aliphatic carbocycles. The molecular weight excluding hydrogens is 342 g/mol. The van der Waals surface area contributed by atoms with Gasteiger partial charge in [-0.25, -0.2) is 13.9 Å². The third-order valence-electron chi connectivity index (χ3n) is 3.99. The number of ether oxygens (including phenoxy) is 1. The maximum absolute atomic E-state index is 13.0. The first-order chi connectivity index (χ1) is 11.5. The topological polar surface area (TPSA) is 92.7 Å². The Kier molecular flexibility index (Phi) is 7.44. The van der Waals surface area contributed by atoms with E-state index in [1.807, 2.05) is 6.92 Å². The number of hydroxylamine groups is 1. The third-order valence-corrected chi connectivity index (χ3v) is 6.16. The summed E-state index contributed by atoms with van der Waals surface area (Å²) in [6.45, 7) is 8.27. The Balaban J connectivity index is 3.09. The van der Waals surface area contributed by atoms with Gasteiger partial charge in [0.25, 0.3) is 0 Å². The highest BCUT2D eigenvalue weighted by Gasteiger charge is 2.32. The molecule has 1 rings (SSSR count). The van der Waals surface area contributed by atoms with Gasteiger partial charge < -0.3 is 4.74 Å². The predicted molar refractivity (Wildman–Crippen MR) is 96.4 cm³/mol. The molecule has 7 heteroatoms. The molecule has 0 radical (unpaired) electrons. The first kappa shape index (κ1) is 21.4. The fraction of sp³-hybridized carbons (Fsp3) is 0.611. The summed E-state index contributed by atoms with van der Waals surface area (Å²) in [5.74, 6) is -0.0285. The molecule has 0 aliphatic heterocycles. The summed E-state index contributed by atoms with van der Waals surface area (Å²) in [4.78, 5) is 11.8. The lowest BCUT2D eigenvalue weighted by Crippen LogP contribution is -2.32. The zero-order valence-electron chi connectivity index (χ0n) is 15.6. The number of sulfone groups is 1. The first-order valence-corrected chi connectivity index (χ1v) is 9.85. The smallest absolute Gasteiger partial charge is 0.244 e. The van der Waals surface area contributed by atoms with Gasteiger partial charge in [0, 0.05) is 6.42 Å². The second-order valence-corrected chi connectivity index (χ2v) is 9.92. The van der Waals surface area contributed by atoms with Gasteiger partial charge in [-0.05, 0) is 48.4 Å². The van der Waals surface area contributed by atoms with Crippen LogP contribution >= 0.6 is 0 Å². The Morgan fingerprint density at radius 1 is 1.24 bits per heavy atom. The monoisotopic (exact) mass is 371 g/mol. The van der Waals surface area contributed by atoms with Crippen molar-refractivity contribution in [2.24, 2.45) is 11.3 Å². The number of hydrogen-bond donors (Lipinski definition) is 2. The molecule has 0 aromatic heterocycles. The van der Waals surface area contributed by atoms with E-state index in [2.05, 4.69) is 20.8 Å². The van der Waals surface area contributed by atoms with Crippen LogP contribution in [0.2, 0.25) is 0 Å². The van der Waals surface area contributed by atoms with Crippen LogP contribution in [0.5, 0.6) is 5.75 Å². The van der Waals surface area contributed by atoms with Crippen LogP contribution in [0.15, 0.2) is 29.2 Å². The van der Waals surface area contributed by atoms with Crippen molar-refractivity contribution < 1.29 is 23.2 Å². The van der Waals surface area contributed by atoms with Gasteiger partial charge in [0.05, 0.1) is 17.3 Å². The van der Waals surface area contributed by atoms with E-state index in [0.717, 1.165) is 6.42 Å². The third kappa shape index (κ3) is 6.66. The van der Waals surface area contributed by atoms with Crippen molar-refractivity contribution in [3.05, 3.63) is 24.3 Å². The molecule has 0 heterocycles. The molecule has 0 saturated carbocycles. The molecule has 2 unspecified atom stereocenters. The van der Waals surface area contributed by atoms with E-state index in [1.54, 1.807) is 12.1 Å². The van der Waals surface area contributed by atoms with Gasteiger partial charge in [-0.2, -0.15) is 0 Å². The van der Waals surface area contributed by atoms with Crippen LogP contribution in [0.4, 0.5) is 0 Å². The summed E-state index contributed by atoms with van der Waals surface area (Å²) in [5, 5.41) is 7.90. The van der Waals surface area contributed by atoms with E-state index in [9.17, 15) is 13.2 Å². The highest BCUT2D eigenvalue weighted by Crippen LogP contribution is 2.31. The van der Waals surface area contributed by atoms with Crippen LogP contribution in [0, 0.1) is 11.3 Å². The minimum Gasteiger partial charge on any atom is -0.497 e. The van der Waals surface area contributed by atoms with Gasteiger partial charge >= 0.3 is 0 Å². The first-order valence-electron chi connectivity index (χ1n) is 8.30. The standard InChI is InChI=1S/C18H29NO5S/c1-13(12-18(2,3)4)10-16(11-17(20)19-21)25(22,23)15-8-6-14(24-5)7-9-15/h6-9,13,16,21H,10-12H2,1-5H3,(H,19,20). The van der Waals surface area contributed by atoms with E-state index in [0.29, 0.717) is 12.2 Å². The van der Waals surface area contributed by atoms with Gasteiger partial charge in [0.1, 0.15) is 5.75 Å². The summed E-state index contributed by atoms with van der Waals surface area (Å²) in [6, 6.07) is 6.11. The van der Waals surface area contributed by atoms with E-state index >= 15 is 0 Å². The van der Waals surface area contributed by atoms with Gasteiger partial charge in [-0.15, -0.1) is 0 Å². The van der Waals surface area contributed by atoms with Crippen molar-refractivity contribution in [3.63, 3.8) is 0 Å². The van der Waals surface area contributed by atoms with E-state index in [1.165, 1.54) is 24.7 Å². The van der Waals surface area contributed by atoms with Gasteiger partial charge in [0.15, 0.2) is 9.84 Å². The van der Waals surface area contributed by atoms with Crippen LogP contribution in [-0.4, -0.2) is 31.9 Å². The molecule has 0 saturated heterocycles. The Bertz CT molecular complexity index is 662. The zero-order chi connectivity index (χ0) is 19.3. The summed E-state index contributed by atoms with van der Waals surface area (Å²) < 4.78 is 31.0. The Morgan fingerprint density at radius 2 is 1.80 bits per heavy atom. The van der Waals surface area contributed by atoms with Crippen molar-refractivity contribution >= 4 is 15.7 Å². The number of methoxy groups -OCH3 is 1. The van der Waals surface area contributed by atoms with Crippen molar-refractivity contribution in [3.8, 4) is 5.75 Å². The molecule has 1 aromatic carbocycles. The minimum atomic E-state index is -3.71. The van der Waals surface area contributed by atoms with Crippen LogP contribution in [0.1, 0.15) is 47.0 Å². The Labute approximate surface area is 150 Å². The SMILES string of the molecule is COc1ccc(S(=O)(=O)C(CC(=O)NO)CC(C)CC(C)(C)C)cc1. The van der Waals surface area contributed by atoms with E-state index < -0.39 is 21.0 Å². The lowest BCUT2D eigenvalue weighted by atomic mass is 9.83. The maximum Gasteiger partial charge on any atom is 0.244 e. The summed E-state index contributed by atoms with van der Waals surface area (Å²) in [5.41, 5.74) is 1.60. The molecule has 142 valence electrons. The average molecular weight is 371 g/mol. The molecule has 0 bridgehead atoms. The predicted octanol–water partition coefficient (Wildman–Crippen LogP) is 3.20. The number of rotatable bonds is 8. The number of hydrogen-bond acceptors (Lipinski definition) is 5. The number of carbonyl (C=O) groups excluding carboxylic acids is 1. The molecule has 1 amide bonds. The largest absolute Gasteiger partial charge is 0.497 e. The quantitative estimate of drug-likeness (QED) is 0.541. The van der Waals surface area contributed by atoms with Crippen molar-refractivity contribution in [1.82, 2.24) is 5.48 Å². The van der Waals surface area contributed by atoms with Crippen LogP contribution in [0.25, 0.3) is 0 Å². The van der Waals surface area contributed by atoms with Crippen LogP contribution in [0.3, 0.4) is 0 Å². The van der Waals surface area contributed by atoms with Gasteiger partial charge in [-0.1, -0.05) is 27.7 Å². The van der Waals surface area contributed by atoms with E-state index in [4.69, 9.17) is 9.94 Å². The second-order valence-electron chi connectivity index (χ2n) is 7.69.